The normalized spacial score (nSPS) is 11.0. The fourth-order valence-electron chi connectivity index (χ4n) is 1.96. The van der Waals surface area contributed by atoms with Gasteiger partial charge in [-0.15, -0.1) is 5.11 Å². The Morgan fingerprint density at radius 1 is 1.04 bits per heavy atom. The fraction of sp³-hybridized carbons (Fsp3) is 0.0625. The number of methoxy groups -OCH3 is 1. The molecule has 0 saturated heterocycles. The molecule has 23 heavy (non-hydrogen) atoms. The number of nitrogens with one attached hydrogen (secondary N) is 1. The highest BCUT2D eigenvalue weighted by atomic mass is 35.5. The summed E-state index contributed by atoms with van der Waals surface area (Å²) in [7, 11) is 1.58. The standard InChI is InChI=1S/C16H12ClN3O3/c1-22-13-8-2-10(3-9-13)14-15(16(21)23-20-14)19-18-12-6-4-11(17)5-7-12/h2-9,20H,1H3. The van der Waals surface area contributed by atoms with E-state index in [-0.39, 0.29) is 5.69 Å². The first-order valence-corrected chi connectivity index (χ1v) is 7.08. The predicted molar refractivity (Wildman–Crippen MR) is 86.9 cm³/mol. The number of halogens is 1. The zero-order chi connectivity index (χ0) is 16.2. The Balaban J connectivity index is 1.95. The van der Waals surface area contributed by atoms with Crippen molar-refractivity contribution in [1.82, 2.24) is 5.16 Å². The molecule has 0 spiro atoms. The number of ether oxygens (including phenoxy) is 1. The van der Waals surface area contributed by atoms with Crippen molar-refractivity contribution < 1.29 is 9.26 Å². The largest absolute Gasteiger partial charge is 0.497 e. The smallest absolute Gasteiger partial charge is 0.385 e. The molecular weight excluding hydrogens is 318 g/mol. The second kappa shape index (κ2) is 6.50. The van der Waals surface area contributed by atoms with Gasteiger partial charge in [0.25, 0.3) is 0 Å². The quantitative estimate of drug-likeness (QED) is 0.704. The summed E-state index contributed by atoms with van der Waals surface area (Å²) in [5, 5.41) is 11.2. The first-order valence-electron chi connectivity index (χ1n) is 6.70. The molecule has 0 amide bonds. The Hall–Kier alpha value is -2.86. The van der Waals surface area contributed by atoms with E-state index in [0.29, 0.717) is 22.2 Å². The predicted octanol–water partition coefficient (Wildman–Crippen LogP) is 4.71. The van der Waals surface area contributed by atoms with Gasteiger partial charge in [0.2, 0.25) is 0 Å². The number of rotatable bonds is 4. The fourth-order valence-corrected chi connectivity index (χ4v) is 2.08. The zero-order valence-electron chi connectivity index (χ0n) is 12.1. The molecule has 6 nitrogen and oxygen atoms in total. The first-order chi connectivity index (χ1) is 11.2. The number of nitrogens with zero attached hydrogens (tertiary/aromatic N) is 2. The molecule has 3 aromatic rings. The van der Waals surface area contributed by atoms with E-state index >= 15 is 0 Å². The summed E-state index contributed by atoms with van der Waals surface area (Å²) in [6, 6.07) is 13.9. The summed E-state index contributed by atoms with van der Waals surface area (Å²) in [5.41, 5.74) is 1.28. The molecule has 116 valence electrons. The van der Waals surface area contributed by atoms with Crippen LogP contribution in [0.3, 0.4) is 0 Å². The first kappa shape index (κ1) is 15.1. The Bertz CT molecular complexity index is 880. The Morgan fingerprint density at radius 3 is 2.39 bits per heavy atom. The van der Waals surface area contributed by atoms with Crippen molar-refractivity contribution in [2.45, 2.75) is 0 Å². The molecule has 0 radical (unpaired) electrons. The van der Waals surface area contributed by atoms with Gasteiger partial charge in [0, 0.05) is 10.6 Å². The van der Waals surface area contributed by atoms with Crippen LogP contribution in [0.2, 0.25) is 5.02 Å². The average Bonchev–Trinajstić information content (AvgIpc) is 2.95. The molecule has 0 fully saturated rings. The van der Waals surface area contributed by atoms with Crippen LogP contribution in [0, 0.1) is 0 Å². The van der Waals surface area contributed by atoms with Gasteiger partial charge in [-0.25, -0.2) is 9.95 Å². The topological polar surface area (TPSA) is 80.0 Å². The van der Waals surface area contributed by atoms with Crippen molar-refractivity contribution in [3.8, 4) is 17.0 Å². The molecule has 1 N–H and O–H groups in total. The van der Waals surface area contributed by atoms with Crippen molar-refractivity contribution in [2.24, 2.45) is 10.2 Å². The van der Waals surface area contributed by atoms with Crippen molar-refractivity contribution in [3.63, 3.8) is 0 Å². The molecule has 0 unspecified atom stereocenters. The van der Waals surface area contributed by atoms with Crippen molar-refractivity contribution in [3.05, 3.63) is 64.0 Å². The average molecular weight is 330 g/mol. The van der Waals surface area contributed by atoms with E-state index in [1.165, 1.54) is 0 Å². The molecule has 1 heterocycles. The van der Waals surface area contributed by atoms with E-state index in [4.69, 9.17) is 20.9 Å². The summed E-state index contributed by atoms with van der Waals surface area (Å²) in [6.45, 7) is 0. The lowest BCUT2D eigenvalue weighted by atomic mass is 10.1. The molecule has 1 aromatic heterocycles. The lowest BCUT2D eigenvalue weighted by Crippen LogP contribution is -1.90. The molecule has 0 aliphatic carbocycles. The molecular formula is C16H12ClN3O3. The van der Waals surface area contributed by atoms with Gasteiger partial charge in [-0.2, -0.15) is 5.11 Å². The summed E-state index contributed by atoms with van der Waals surface area (Å²) in [6.07, 6.45) is 0. The van der Waals surface area contributed by atoms with Crippen LogP contribution in [-0.2, 0) is 0 Å². The van der Waals surface area contributed by atoms with Gasteiger partial charge in [-0.05, 0) is 48.5 Å². The highest BCUT2D eigenvalue weighted by molar-refractivity contribution is 6.30. The van der Waals surface area contributed by atoms with Gasteiger partial charge >= 0.3 is 5.63 Å². The molecule has 7 heteroatoms. The van der Waals surface area contributed by atoms with Crippen LogP contribution in [0.4, 0.5) is 11.4 Å². The van der Waals surface area contributed by atoms with Gasteiger partial charge in [-0.3, -0.25) is 0 Å². The molecule has 0 aliphatic heterocycles. The Morgan fingerprint density at radius 2 is 1.74 bits per heavy atom. The van der Waals surface area contributed by atoms with E-state index in [1.807, 2.05) is 0 Å². The molecule has 3 rings (SSSR count). The summed E-state index contributed by atoms with van der Waals surface area (Å²) >= 11 is 5.81. The maximum absolute atomic E-state index is 11.8. The molecule has 0 aliphatic rings. The summed E-state index contributed by atoms with van der Waals surface area (Å²) in [4.78, 5) is 11.8. The SMILES string of the molecule is COc1ccc(-c2[nH]oc(=O)c2N=Nc2ccc(Cl)cc2)cc1. The third kappa shape index (κ3) is 3.32. The van der Waals surface area contributed by atoms with Gasteiger partial charge in [-0.1, -0.05) is 11.6 Å². The van der Waals surface area contributed by atoms with E-state index in [1.54, 1.807) is 55.6 Å². The third-order valence-electron chi connectivity index (χ3n) is 3.15. The third-order valence-corrected chi connectivity index (χ3v) is 3.40. The number of H-pyrrole nitrogens is 1. The number of benzene rings is 2. The summed E-state index contributed by atoms with van der Waals surface area (Å²) in [5.74, 6) is 0.712. The second-order valence-corrected chi connectivity index (χ2v) is 5.06. The number of aromatic amines is 1. The second-order valence-electron chi connectivity index (χ2n) is 4.62. The Kier molecular flexibility index (Phi) is 4.25. The van der Waals surface area contributed by atoms with Crippen LogP contribution >= 0.6 is 11.6 Å². The number of aromatic nitrogens is 1. The highest BCUT2D eigenvalue weighted by Gasteiger charge is 2.13. The minimum Gasteiger partial charge on any atom is -0.497 e. The van der Waals surface area contributed by atoms with Crippen molar-refractivity contribution in [1.29, 1.82) is 0 Å². The van der Waals surface area contributed by atoms with Gasteiger partial charge in [0.05, 0.1) is 12.8 Å². The van der Waals surface area contributed by atoms with Gasteiger partial charge in [0.1, 0.15) is 11.4 Å². The van der Waals surface area contributed by atoms with Gasteiger partial charge < -0.3 is 9.26 Å². The van der Waals surface area contributed by atoms with E-state index < -0.39 is 5.63 Å². The number of hydrogen-bond donors (Lipinski definition) is 1. The minimum absolute atomic E-state index is 0.102. The molecule has 2 aromatic carbocycles. The van der Waals surface area contributed by atoms with E-state index in [9.17, 15) is 4.79 Å². The van der Waals surface area contributed by atoms with Crippen LogP contribution in [0.1, 0.15) is 0 Å². The molecule has 0 atom stereocenters. The van der Waals surface area contributed by atoms with Crippen molar-refractivity contribution >= 4 is 23.0 Å². The monoisotopic (exact) mass is 329 g/mol. The maximum Gasteiger partial charge on any atom is 0.385 e. The van der Waals surface area contributed by atoms with Crippen LogP contribution in [0.15, 0.2) is 68.1 Å². The van der Waals surface area contributed by atoms with Crippen LogP contribution in [0.5, 0.6) is 5.75 Å². The molecule has 0 saturated carbocycles. The number of hydrogen-bond acceptors (Lipinski definition) is 5. The Labute approximate surface area is 136 Å². The summed E-state index contributed by atoms with van der Waals surface area (Å²) < 4.78 is 9.93. The minimum atomic E-state index is -0.589. The van der Waals surface area contributed by atoms with Crippen LogP contribution in [0.25, 0.3) is 11.3 Å². The highest BCUT2D eigenvalue weighted by Crippen LogP contribution is 2.28. The zero-order valence-corrected chi connectivity index (χ0v) is 12.9. The van der Waals surface area contributed by atoms with Gasteiger partial charge in [0.15, 0.2) is 5.69 Å². The lowest BCUT2D eigenvalue weighted by Gasteiger charge is -2.01. The van der Waals surface area contributed by atoms with Crippen molar-refractivity contribution in [2.75, 3.05) is 7.11 Å². The van der Waals surface area contributed by atoms with E-state index in [0.717, 1.165) is 5.56 Å². The maximum atomic E-state index is 11.8. The molecule has 0 bridgehead atoms. The number of azo groups is 1. The van der Waals surface area contributed by atoms with E-state index in [2.05, 4.69) is 15.4 Å². The van der Waals surface area contributed by atoms with Crippen LogP contribution < -0.4 is 10.4 Å². The lowest BCUT2D eigenvalue weighted by molar-refractivity contribution is 0.394. The van der Waals surface area contributed by atoms with Crippen LogP contribution in [-0.4, -0.2) is 12.3 Å².